The lowest BCUT2D eigenvalue weighted by molar-refractivity contribution is 0.0577. The molecule has 106 valence electrons. The minimum absolute atomic E-state index is 0.286. The molecule has 0 amide bonds. The third kappa shape index (κ3) is 2.93. The van der Waals surface area contributed by atoms with Gasteiger partial charge in [0.05, 0.1) is 11.1 Å². The molecule has 2 aromatic carbocycles. The third-order valence-electron chi connectivity index (χ3n) is 3.66. The Kier molecular flexibility index (Phi) is 3.43. The first-order chi connectivity index (χ1) is 10.0. The Morgan fingerprint density at radius 1 is 1.10 bits per heavy atom. The average Bonchev–Trinajstić information content (AvgIpc) is 2.46. The molecule has 3 heteroatoms. The lowest BCUT2D eigenvalue weighted by Gasteiger charge is -2.24. The number of hydrogen-bond acceptors (Lipinski definition) is 2. The highest BCUT2D eigenvalue weighted by Gasteiger charge is 2.24. The molecule has 3 rings (SSSR count). The smallest absolute Gasteiger partial charge is 0.123 e. The molecule has 3 aromatic rings. The topological polar surface area (TPSA) is 33.1 Å². The van der Waals surface area contributed by atoms with E-state index in [4.69, 9.17) is 0 Å². The van der Waals surface area contributed by atoms with Gasteiger partial charge in [-0.05, 0) is 48.4 Å². The number of halogens is 1. The molecule has 0 aliphatic heterocycles. The molecule has 1 unspecified atom stereocenters. The van der Waals surface area contributed by atoms with Gasteiger partial charge in [-0.25, -0.2) is 4.39 Å². The number of aromatic nitrogens is 1. The number of hydrogen-bond donors (Lipinski definition) is 1. The lowest BCUT2D eigenvalue weighted by Crippen LogP contribution is -2.24. The first kappa shape index (κ1) is 13.7. The van der Waals surface area contributed by atoms with Gasteiger partial charge in [-0.3, -0.25) is 4.98 Å². The zero-order valence-electron chi connectivity index (χ0n) is 11.8. The predicted octanol–water partition coefficient (Wildman–Crippen LogP) is 3.82. The highest BCUT2D eigenvalue weighted by molar-refractivity contribution is 5.79. The van der Waals surface area contributed by atoms with Crippen molar-refractivity contribution in [2.24, 2.45) is 0 Å². The van der Waals surface area contributed by atoms with Crippen molar-refractivity contribution in [1.29, 1.82) is 0 Å². The van der Waals surface area contributed by atoms with E-state index in [1.165, 1.54) is 12.1 Å². The maximum Gasteiger partial charge on any atom is 0.123 e. The second kappa shape index (κ2) is 5.26. The molecule has 21 heavy (non-hydrogen) atoms. The van der Waals surface area contributed by atoms with E-state index in [0.717, 1.165) is 22.0 Å². The van der Waals surface area contributed by atoms with Crippen molar-refractivity contribution in [1.82, 2.24) is 4.98 Å². The van der Waals surface area contributed by atoms with Gasteiger partial charge in [-0.1, -0.05) is 24.3 Å². The standard InChI is InChI=1S/C18H16FNO/c1-18(21,12-13-4-2-6-16(19)10-13)15-7-8-17-14(11-15)5-3-9-20-17/h2-11,21H,12H2,1H3. The van der Waals surface area contributed by atoms with Gasteiger partial charge in [0.1, 0.15) is 5.82 Å². The summed E-state index contributed by atoms with van der Waals surface area (Å²) in [5.41, 5.74) is 1.40. The van der Waals surface area contributed by atoms with Crippen LogP contribution in [0.1, 0.15) is 18.1 Å². The molecule has 0 aliphatic rings. The van der Waals surface area contributed by atoms with E-state index in [2.05, 4.69) is 4.98 Å². The normalized spacial score (nSPS) is 14.0. The second-order valence-corrected chi connectivity index (χ2v) is 5.49. The molecular weight excluding hydrogens is 265 g/mol. The summed E-state index contributed by atoms with van der Waals surface area (Å²) in [6, 6.07) is 15.9. The number of rotatable bonds is 3. The van der Waals surface area contributed by atoms with Crippen LogP contribution in [0.25, 0.3) is 10.9 Å². The van der Waals surface area contributed by atoms with E-state index < -0.39 is 5.60 Å². The minimum atomic E-state index is -1.06. The largest absolute Gasteiger partial charge is 0.385 e. The summed E-state index contributed by atoms with van der Waals surface area (Å²) in [6.45, 7) is 1.75. The summed E-state index contributed by atoms with van der Waals surface area (Å²) in [7, 11) is 0. The Morgan fingerprint density at radius 2 is 1.95 bits per heavy atom. The molecule has 1 N–H and O–H groups in total. The maximum atomic E-state index is 13.3. The molecular formula is C18H16FNO. The number of aliphatic hydroxyl groups is 1. The van der Waals surface area contributed by atoms with Gasteiger partial charge >= 0.3 is 0 Å². The molecule has 0 fully saturated rings. The van der Waals surface area contributed by atoms with Gasteiger partial charge in [-0.2, -0.15) is 0 Å². The summed E-state index contributed by atoms with van der Waals surface area (Å²) in [5.74, 6) is -0.286. The zero-order valence-corrected chi connectivity index (χ0v) is 11.8. The molecule has 1 atom stereocenters. The van der Waals surface area contributed by atoms with Crippen LogP contribution in [0.5, 0.6) is 0 Å². The van der Waals surface area contributed by atoms with Crippen LogP contribution in [0.4, 0.5) is 4.39 Å². The number of pyridine rings is 1. The molecule has 0 bridgehead atoms. The second-order valence-electron chi connectivity index (χ2n) is 5.49. The van der Waals surface area contributed by atoms with Crippen LogP contribution in [0.2, 0.25) is 0 Å². The molecule has 0 aliphatic carbocycles. The molecule has 0 saturated heterocycles. The predicted molar refractivity (Wildman–Crippen MR) is 81.4 cm³/mol. The van der Waals surface area contributed by atoms with Crippen molar-refractivity contribution in [3.05, 3.63) is 77.7 Å². The van der Waals surface area contributed by atoms with Crippen molar-refractivity contribution in [3.8, 4) is 0 Å². The third-order valence-corrected chi connectivity index (χ3v) is 3.66. The minimum Gasteiger partial charge on any atom is -0.385 e. The van der Waals surface area contributed by atoms with Gasteiger partial charge in [0.25, 0.3) is 0 Å². The van der Waals surface area contributed by atoms with Crippen molar-refractivity contribution < 1.29 is 9.50 Å². The Balaban J connectivity index is 1.95. The Morgan fingerprint density at radius 3 is 2.76 bits per heavy atom. The zero-order chi connectivity index (χ0) is 14.9. The van der Waals surface area contributed by atoms with E-state index in [1.54, 1.807) is 19.2 Å². The lowest BCUT2D eigenvalue weighted by atomic mass is 9.88. The summed E-state index contributed by atoms with van der Waals surface area (Å²) < 4.78 is 13.3. The van der Waals surface area contributed by atoms with Crippen LogP contribution in [0, 0.1) is 5.82 Å². The van der Waals surface area contributed by atoms with Gasteiger partial charge in [0, 0.05) is 18.0 Å². The quantitative estimate of drug-likeness (QED) is 0.791. The summed E-state index contributed by atoms with van der Waals surface area (Å²) in [5, 5.41) is 11.7. The van der Waals surface area contributed by atoms with Crippen LogP contribution in [0.3, 0.4) is 0 Å². The Hall–Kier alpha value is -2.26. The molecule has 0 radical (unpaired) electrons. The SMILES string of the molecule is CC(O)(Cc1cccc(F)c1)c1ccc2ncccc2c1. The van der Waals surface area contributed by atoms with Crippen molar-refractivity contribution in [2.45, 2.75) is 18.9 Å². The number of fused-ring (bicyclic) bond motifs is 1. The van der Waals surface area contributed by atoms with E-state index in [-0.39, 0.29) is 5.82 Å². The molecule has 1 aromatic heterocycles. The average molecular weight is 281 g/mol. The van der Waals surface area contributed by atoms with E-state index >= 15 is 0 Å². The van der Waals surface area contributed by atoms with Crippen LogP contribution in [-0.2, 0) is 12.0 Å². The fourth-order valence-electron chi connectivity index (χ4n) is 2.56. The molecule has 0 saturated carbocycles. The maximum absolute atomic E-state index is 13.3. The van der Waals surface area contributed by atoms with Crippen molar-refractivity contribution >= 4 is 10.9 Å². The van der Waals surface area contributed by atoms with Gasteiger partial charge in [-0.15, -0.1) is 0 Å². The Bertz CT molecular complexity index is 783. The van der Waals surface area contributed by atoms with Crippen LogP contribution >= 0.6 is 0 Å². The van der Waals surface area contributed by atoms with Gasteiger partial charge < -0.3 is 5.11 Å². The monoisotopic (exact) mass is 281 g/mol. The molecule has 2 nitrogen and oxygen atoms in total. The fraction of sp³-hybridized carbons (Fsp3) is 0.167. The number of benzene rings is 2. The fourth-order valence-corrected chi connectivity index (χ4v) is 2.56. The van der Waals surface area contributed by atoms with Crippen molar-refractivity contribution in [2.75, 3.05) is 0 Å². The first-order valence-electron chi connectivity index (χ1n) is 6.87. The summed E-state index contributed by atoms with van der Waals surface area (Å²) in [4.78, 5) is 4.27. The van der Waals surface area contributed by atoms with Crippen LogP contribution < -0.4 is 0 Å². The van der Waals surface area contributed by atoms with Crippen LogP contribution in [0.15, 0.2) is 60.8 Å². The molecule has 0 spiro atoms. The number of nitrogens with zero attached hydrogens (tertiary/aromatic N) is 1. The highest BCUT2D eigenvalue weighted by Crippen LogP contribution is 2.27. The van der Waals surface area contributed by atoms with Crippen molar-refractivity contribution in [3.63, 3.8) is 0 Å². The first-order valence-corrected chi connectivity index (χ1v) is 6.87. The van der Waals surface area contributed by atoms with E-state index in [1.807, 2.05) is 36.4 Å². The van der Waals surface area contributed by atoms with Crippen LogP contribution in [-0.4, -0.2) is 10.1 Å². The summed E-state index contributed by atoms with van der Waals surface area (Å²) >= 11 is 0. The van der Waals surface area contributed by atoms with E-state index in [0.29, 0.717) is 6.42 Å². The van der Waals surface area contributed by atoms with E-state index in [9.17, 15) is 9.50 Å². The van der Waals surface area contributed by atoms with Gasteiger partial charge in [0.2, 0.25) is 0 Å². The van der Waals surface area contributed by atoms with Gasteiger partial charge in [0.15, 0.2) is 0 Å². The molecule has 1 heterocycles. The Labute approximate surface area is 122 Å². The highest BCUT2D eigenvalue weighted by atomic mass is 19.1. The summed E-state index contributed by atoms with van der Waals surface area (Å²) in [6.07, 6.45) is 2.10.